The number of amides is 1. The summed E-state index contributed by atoms with van der Waals surface area (Å²) in [4.78, 5) is 16.5. The lowest BCUT2D eigenvalue weighted by Crippen LogP contribution is -2.30. The van der Waals surface area contributed by atoms with E-state index in [-0.39, 0.29) is 17.0 Å². The van der Waals surface area contributed by atoms with E-state index in [0.29, 0.717) is 17.6 Å². The molecule has 1 amide bonds. The summed E-state index contributed by atoms with van der Waals surface area (Å²) in [5, 5.41) is 10.2. The van der Waals surface area contributed by atoms with Crippen LogP contribution in [-0.4, -0.2) is 26.3 Å². The number of thioether (sulfide) groups is 1. The molecule has 1 aromatic heterocycles. The molecule has 2 N–H and O–H groups in total. The fraction of sp³-hybridized carbons (Fsp3) is 0.400. The van der Waals surface area contributed by atoms with Gasteiger partial charge < -0.3 is 5.32 Å². The summed E-state index contributed by atoms with van der Waals surface area (Å²) >= 11 is 1.33. The number of carbonyl (C=O) groups excluding carboxylic acids is 1. The molecule has 2 aromatic rings. The summed E-state index contributed by atoms with van der Waals surface area (Å²) in [6, 6.07) is 6.08. The molecule has 116 valence electrons. The number of nitrogens with zero attached hydrogens (tertiary/aromatic N) is 2. The van der Waals surface area contributed by atoms with E-state index in [0.717, 1.165) is 24.2 Å². The van der Waals surface area contributed by atoms with Crippen molar-refractivity contribution < 1.29 is 9.18 Å². The van der Waals surface area contributed by atoms with Crippen molar-refractivity contribution >= 4 is 17.7 Å². The van der Waals surface area contributed by atoms with Crippen LogP contribution in [0.15, 0.2) is 29.4 Å². The van der Waals surface area contributed by atoms with Gasteiger partial charge in [0.1, 0.15) is 11.6 Å². The SMILES string of the molecule is CC(Sc1n[nH]c(C2CC2)n1)C(=O)NCc1ccc(F)cc1. The smallest absolute Gasteiger partial charge is 0.233 e. The molecule has 0 aliphatic heterocycles. The van der Waals surface area contributed by atoms with Crippen molar-refractivity contribution in [2.75, 3.05) is 0 Å². The standard InChI is InChI=1S/C15H17FN4OS/c1-9(22-15-18-13(19-20-15)11-4-5-11)14(21)17-8-10-2-6-12(16)7-3-10/h2-3,6-7,9,11H,4-5,8H2,1H3,(H,17,21)(H,18,19,20). The topological polar surface area (TPSA) is 70.7 Å². The van der Waals surface area contributed by atoms with Gasteiger partial charge in [-0.1, -0.05) is 23.9 Å². The molecule has 3 rings (SSSR count). The van der Waals surface area contributed by atoms with Gasteiger partial charge >= 0.3 is 0 Å². The Morgan fingerprint density at radius 1 is 1.45 bits per heavy atom. The van der Waals surface area contributed by atoms with Gasteiger partial charge in [-0.05, 0) is 37.5 Å². The summed E-state index contributed by atoms with van der Waals surface area (Å²) < 4.78 is 12.8. The molecule has 1 heterocycles. The molecule has 0 bridgehead atoms. The zero-order valence-corrected chi connectivity index (χ0v) is 13.0. The molecule has 7 heteroatoms. The van der Waals surface area contributed by atoms with Gasteiger partial charge in [0.25, 0.3) is 0 Å². The van der Waals surface area contributed by atoms with Crippen LogP contribution in [0.25, 0.3) is 0 Å². The maximum absolute atomic E-state index is 12.8. The first kappa shape index (κ1) is 15.0. The Hall–Kier alpha value is -1.89. The number of carbonyl (C=O) groups is 1. The maximum atomic E-state index is 12.8. The lowest BCUT2D eigenvalue weighted by molar-refractivity contribution is -0.120. The van der Waals surface area contributed by atoms with E-state index in [4.69, 9.17) is 0 Å². The molecule has 1 aliphatic carbocycles. The van der Waals surface area contributed by atoms with Crippen LogP contribution in [0.5, 0.6) is 0 Å². The van der Waals surface area contributed by atoms with E-state index in [1.807, 2.05) is 6.92 Å². The van der Waals surface area contributed by atoms with Crippen molar-refractivity contribution in [3.05, 3.63) is 41.5 Å². The van der Waals surface area contributed by atoms with Crippen molar-refractivity contribution in [3.63, 3.8) is 0 Å². The van der Waals surface area contributed by atoms with Gasteiger partial charge in [0.2, 0.25) is 11.1 Å². The predicted molar refractivity (Wildman–Crippen MR) is 81.9 cm³/mol. The van der Waals surface area contributed by atoms with Gasteiger partial charge in [-0.15, -0.1) is 5.10 Å². The summed E-state index contributed by atoms with van der Waals surface area (Å²) in [6.45, 7) is 2.20. The first-order valence-corrected chi connectivity index (χ1v) is 8.11. The van der Waals surface area contributed by atoms with Crippen LogP contribution in [0.2, 0.25) is 0 Å². The number of benzene rings is 1. The zero-order valence-electron chi connectivity index (χ0n) is 12.2. The lowest BCUT2D eigenvalue weighted by Gasteiger charge is -2.10. The number of rotatable bonds is 6. The molecule has 1 atom stereocenters. The van der Waals surface area contributed by atoms with Gasteiger partial charge in [0, 0.05) is 12.5 Å². The lowest BCUT2D eigenvalue weighted by atomic mass is 10.2. The highest BCUT2D eigenvalue weighted by molar-refractivity contribution is 8.00. The van der Waals surface area contributed by atoms with E-state index in [1.165, 1.54) is 23.9 Å². The first-order chi connectivity index (χ1) is 10.6. The Bertz CT molecular complexity index is 654. The van der Waals surface area contributed by atoms with Crippen LogP contribution in [0.3, 0.4) is 0 Å². The first-order valence-electron chi connectivity index (χ1n) is 7.23. The highest BCUT2D eigenvalue weighted by Crippen LogP contribution is 2.38. The Morgan fingerprint density at radius 2 is 2.18 bits per heavy atom. The second-order valence-electron chi connectivity index (χ2n) is 5.38. The summed E-state index contributed by atoms with van der Waals surface area (Å²) in [6.07, 6.45) is 2.32. The highest BCUT2D eigenvalue weighted by Gasteiger charge is 2.27. The van der Waals surface area contributed by atoms with E-state index < -0.39 is 0 Å². The van der Waals surface area contributed by atoms with Gasteiger partial charge in [-0.25, -0.2) is 9.37 Å². The van der Waals surface area contributed by atoms with Crippen molar-refractivity contribution in [2.24, 2.45) is 0 Å². The van der Waals surface area contributed by atoms with E-state index in [9.17, 15) is 9.18 Å². The minimum atomic E-state index is -0.289. The molecule has 1 saturated carbocycles. The Kier molecular flexibility index (Phi) is 4.42. The molecule has 5 nitrogen and oxygen atoms in total. The number of hydrogen-bond acceptors (Lipinski definition) is 4. The van der Waals surface area contributed by atoms with E-state index in [1.54, 1.807) is 12.1 Å². The van der Waals surface area contributed by atoms with E-state index >= 15 is 0 Å². The molecule has 1 aliphatic rings. The number of nitrogens with one attached hydrogen (secondary N) is 2. The summed E-state index contributed by atoms with van der Waals surface area (Å²) in [5.74, 6) is 1.06. The third-order valence-corrected chi connectivity index (χ3v) is 4.44. The van der Waals surface area contributed by atoms with Crippen LogP contribution in [0.1, 0.15) is 37.1 Å². The van der Waals surface area contributed by atoms with Crippen molar-refractivity contribution in [3.8, 4) is 0 Å². The molecule has 1 fully saturated rings. The quantitative estimate of drug-likeness (QED) is 0.803. The molecule has 0 radical (unpaired) electrons. The van der Waals surface area contributed by atoms with Crippen molar-refractivity contribution in [2.45, 2.75) is 42.6 Å². The molecule has 0 saturated heterocycles. The maximum Gasteiger partial charge on any atom is 0.233 e. The third-order valence-electron chi connectivity index (χ3n) is 3.48. The van der Waals surface area contributed by atoms with Crippen LogP contribution < -0.4 is 5.32 Å². The Morgan fingerprint density at radius 3 is 2.86 bits per heavy atom. The zero-order chi connectivity index (χ0) is 15.5. The minimum Gasteiger partial charge on any atom is -0.351 e. The monoisotopic (exact) mass is 320 g/mol. The average molecular weight is 320 g/mol. The second kappa shape index (κ2) is 6.48. The summed E-state index contributed by atoms with van der Waals surface area (Å²) in [7, 11) is 0. The Balaban J connectivity index is 1.49. The fourth-order valence-corrected chi connectivity index (χ4v) is 2.75. The third kappa shape index (κ3) is 3.85. The fourth-order valence-electron chi connectivity index (χ4n) is 2.00. The van der Waals surface area contributed by atoms with Crippen molar-refractivity contribution in [1.29, 1.82) is 0 Å². The van der Waals surface area contributed by atoms with Crippen LogP contribution >= 0.6 is 11.8 Å². The normalized spacial score (nSPS) is 15.5. The molecular weight excluding hydrogens is 303 g/mol. The molecule has 0 spiro atoms. The molecular formula is C15H17FN4OS. The molecule has 1 aromatic carbocycles. The Labute approximate surface area is 132 Å². The van der Waals surface area contributed by atoms with Crippen LogP contribution in [0, 0.1) is 5.82 Å². The predicted octanol–water partition coefficient (Wildman–Crippen LogP) is 2.62. The number of halogens is 1. The van der Waals surface area contributed by atoms with Crippen LogP contribution in [-0.2, 0) is 11.3 Å². The number of aromatic amines is 1. The van der Waals surface area contributed by atoms with Gasteiger partial charge in [0.15, 0.2) is 0 Å². The average Bonchev–Trinajstić information content (AvgIpc) is 3.26. The number of aromatic nitrogens is 3. The minimum absolute atomic E-state index is 0.0907. The molecule has 22 heavy (non-hydrogen) atoms. The number of hydrogen-bond donors (Lipinski definition) is 2. The van der Waals surface area contributed by atoms with E-state index in [2.05, 4.69) is 20.5 Å². The highest BCUT2D eigenvalue weighted by atomic mass is 32.2. The van der Waals surface area contributed by atoms with Gasteiger partial charge in [0.05, 0.1) is 5.25 Å². The van der Waals surface area contributed by atoms with Gasteiger partial charge in [-0.2, -0.15) is 0 Å². The molecule has 1 unspecified atom stereocenters. The number of H-pyrrole nitrogens is 1. The largest absolute Gasteiger partial charge is 0.351 e. The van der Waals surface area contributed by atoms with Crippen molar-refractivity contribution in [1.82, 2.24) is 20.5 Å². The van der Waals surface area contributed by atoms with Crippen LogP contribution in [0.4, 0.5) is 4.39 Å². The second-order valence-corrected chi connectivity index (χ2v) is 6.69. The summed E-state index contributed by atoms with van der Waals surface area (Å²) in [5.41, 5.74) is 0.862. The van der Waals surface area contributed by atoms with Gasteiger partial charge in [-0.3, -0.25) is 9.89 Å².